The molecule has 228 valence electrons. The Hall–Kier alpha value is -5.24. The third kappa shape index (κ3) is 7.39. The molecule has 0 radical (unpaired) electrons. The minimum Gasteiger partial charge on any atom is -0.480 e. The van der Waals surface area contributed by atoms with Crippen molar-refractivity contribution in [2.75, 3.05) is 24.3 Å². The van der Waals surface area contributed by atoms with Crippen molar-refractivity contribution in [2.24, 2.45) is 0 Å². The topological polar surface area (TPSA) is 189 Å². The molecular formula is C29H30ClN9O5. The number of methoxy groups -OCH3 is 1. The second-order valence-electron chi connectivity index (χ2n) is 10.0. The van der Waals surface area contributed by atoms with Gasteiger partial charge in [0.2, 0.25) is 5.91 Å². The highest BCUT2D eigenvalue weighted by atomic mass is 35.5. The molecule has 2 aromatic carbocycles. The predicted octanol–water partition coefficient (Wildman–Crippen LogP) is 3.60. The number of anilines is 2. The number of benzene rings is 2. The van der Waals surface area contributed by atoms with Crippen LogP contribution in [-0.4, -0.2) is 72.8 Å². The third-order valence-corrected chi connectivity index (χ3v) is 7.30. The van der Waals surface area contributed by atoms with Crippen molar-refractivity contribution in [3.05, 3.63) is 71.4 Å². The summed E-state index contributed by atoms with van der Waals surface area (Å²) in [6, 6.07) is 9.14. The lowest BCUT2D eigenvalue weighted by atomic mass is 10.0. The van der Waals surface area contributed by atoms with Gasteiger partial charge in [0.15, 0.2) is 0 Å². The molecule has 0 fully saturated rings. The third-order valence-electron chi connectivity index (χ3n) is 7.07. The lowest BCUT2D eigenvalue weighted by Gasteiger charge is -2.21. The van der Waals surface area contributed by atoms with E-state index >= 15 is 0 Å². The predicted molar refractivity (Wildman–Crippen MR) is 162 cm³/mol. The first kappa shape index (κ1) is 30.2. The number of H-pyrrole nitrogens is 1. The van der Waals surface area contributed by atoms with Gasteiger partial charge in [-0.25, -0.2) is 9.78 Å². The number of aromatic amines is 1. The van der Waals surface area contributed by atoms with Gasteiger partial charge in [-0.15, -0.1) is 5.10 Å². The molecule has 15 heteroatoms. The standard InChI is InChI=1S/C29H30ClN9O5/c1-44-27(41)15-31-19-8-9-20-23(13-19)34-22(29(42)43)5-3-2-4-21(28-32-14-24(20)36-28)35-26(40)11-6-17-12-18(30)7-10-25(17)39-16-33-37-38-39/h6-14,16,21-22,31,34H,2-5,15H2,1H3,(H,32,36)(H,35,40)(H,42,43)/b11-6+/t21-,22+/m0/s1. The fourth-order valence-electron chi connectivity index (χ4n) is 4.84. The number of hydrogen-bond donors (Lipinski definition) is 5. The zero-order valence-electron chi connectivity index (χ0n) is 23.7. The van der Waals surface area contributed by atoms with Gasteiger partial charge in [0.25, 0.3) is 0 Å². The first-order valence-corrected chi connectivity index (χ1v) is 14.2. The van der Waals surface area contributed by atoms with Crippen LogP contribution in [0.2, 0.25) is 5.02 Å². The van der Waals surface area contributed by atoms with Gasteiger partial charge in [-0.1, -0.05) is 24.4 Å². The van der Waals surface area contributed by atoms with Gasteiger partial charge in [0, 0.05) is 39.8 Å². The van der Waals surface area contributed by atoms with Crippen LogP contribution in [0.25, 0.3) is 23.0 Å². The number of carbonyl (C=O) groups is 3. The number of amides is 1. The van der Waals surface area contributed by atoms with Crippen LogP contribution < -0.4 is 16.0 Å². The molecule has 0 spiro atoms. The van der Waals surface area contributed by atoms with Crippen LogP contribution in [0, 0.1) is 0 Å². The number of hydrogen-bond acceptors (Lipinski definition) is 10. The normalized spacial score (nSPS) is 16.6. The minimum atomic E-state index is -0.985. The van der Waals surface area contributed by atoms with E-state index in [1.807, 2.05) is 0 Å². The molecule has 0 unspecified atom stereocenters. The van der Waals surface area contributed by atoms with Crippen molar-refractivity contribution >= 4 is 46.9 Å². The fraction of sp³-hybridized carbons (Fsp3) is 0.276. The summed E-state index contributed by atoms with van der Waals surface area (Å²) in [7, 11) is 1.30. The Bertz CT molecular complexity index is 1670. The Balaban J connectivity index is 1.39. The Morgan fingerprint density at radius 1 is 1.18 bits per heavy atom. The molecular weight excluding hydrogens is 590 g/mol. The number of esters is 1. The van der Waals surface area contributed by atoms with Crippen LogP contribution in [0.1, 0.15) is 43.1 Å². The summed E-state index contributed by atoms with van der Waals surface area (Å²) in [4.78, 5) is 44.8. The van der Waals surface area contributed by atoms with E-state index in [9.17, 15) is 19.5 Å². The van der Waals surface area contributed by atoms with Crippen LogP contribution >= 0.6 is 11.6 Å². The van der Waals surface area contributed by atoms with E-state index in [2.05, 4.69) is 41.2 Å². The van der Waals surface area contributed by atoms with Crippen molar-refractivity contribution in [2.45, 2.75) is 37.8 Å². The summed E-state index contributed by atoms with van der Waals surface area (Å²) >= 11 is 6.20. The fourth-order valence-corrected chi connectivity index (χ4v) is 5.02. The number of aromatic nitrogens is 6. The summed E-state index contributed by atoms with van der Waals surface area (Å²) in [6.07, 6.45) is 8.33. The van der Waals surface area contributed by atoms with E-state index in [0.29, 0.717) is 70.4 Å². The summed E-state index contributed by atoms with van der Waals surface area (Å²) in [5, 5.41) is 30.8. The number of carboxylic acid groups (broad SMARTS) is 1. The highest BCUT2D eigenvalue weighted by Gasteiger charge is 2.24. The monoisotopic (exact) mass is 619 g/mol. The summed E-state index contributed by atoms with van der Waals surface area (Å²) in [5.41, 5.74) is 3.65. The maximum absolute atomic E-state index is 13.1. The van der Waals surface area contributed by atoms with E-state index in [1.165, 1.54) is 24.2 Å². The summed E-state index contributed by atoms with van der Waals surface area (Å²) in [6.45, 7) is -0.0453. The van der Waals surface area contributed by atoms with Crippen LogP contribution in [0.15, 0.2) is 55.0 Å². The van der Waals surface area contributed by atoms with E-state index in [1.54, 1.807) is 48.7 Å². The molecule has 4 aromatic rings. The van der Waals surface area contributed by atoms with E-state index in [4.69, 9.17) is 16.6 Å². The zero-order valence-corrected chi connectivity index (χ0v) is 24.4. The first-order chi connectivity index (χ1) is 21.3. The highest BCUT2D eigenvalue weighted by molar-refractivity contribution is 6.30. The van der Waals surface area contributed by atoms with Crippen molar-refractivity contribution < 1.29 is 24.2 Å². The van der Waals surface area contributed by atoms with Gasteiger partial charge in [-0.2, -0.15) is 4.68 Å². The Labute approximate surface area is 256 Å². The molecule has 3 heterocycles. The number of rotatable bonds is 8. The van der Waals surface area contributed by atoms with Crippen molar-refractivity contribution in [3.63, 3.8) is 0 Å². The lowest BCUT2D eigenvalue weighted by molar-refractivity contribution is -0.139. The SMILES string of the molecule is COC(=O)CNc1ccc2c(c1)N[C@@H](C(=O)O)CCCC[C@H](NC(=O)/C=C/c1cc(Cl)ccc1-n1cnnn1)c1nc-2c[nH]1. The molecule has 5 rings (SSSR count). The van der Waals surface area contributed by atoms with Gasteiger partial charge in [-0.3, -0.25) is 9.59 Å². The molecule has 0 aliphatic carbocycles. The van der Waals surface area contributed by atoms with Crippen molar-refractivity contribution in [1.29, 1.82) is 0 Å². The molecule has 5 N–H and O–H groups in total. The Morgan fingerprint density at radius 2 is 2.02 bits per heavy atom. The molecule has 1 amide bonds. The van der Waals surface area contributed by atoms with Gasteiger partial charge in [0.1, 0.15) is 24.7 Å². The second kappa shape index (κ2) is 13.8. The number of fused-ring (bicyclic) bond motifs is 4. The molecule has 2 atom stereocenters. The molecule has 44 heavy (non-hydrogen) atoms. The number of halogens is 1. The van der Waals surface area contributed by atoms with E-state index in [-0.39, 0.29) is 12.5 Å². The summed E-state index contributed by atoms with van der Waals surface area (Å²) < 4.78 is 6.16. The Morgan fingerprint density at radius 3 is 2.80 bits per heavy atom. The van der Waals surface area contributed by atoms with Gasteiger partial charge in [0.05, 0.1) is 24.5 Å². The molecule has 1 aliphatic rings. The largest absolute Gasteiger partial charge is 0.480 e. The summed E-state index contributed by atoms with van der Waals surface area (Å²) in [5.74, 6) is -1.21. The Kier molecular flexibility index (Phi) is 9.49. The second-order valence-corrected chi connectivity index (χ2v) is 10.5. The molecule has 0 saturated heterocycles. The van der Waals surface area contributed by atoms with Crippen LogP contribution in [0.3, 0.4) is 0 Å². The van der Waals surface area contributed by atoms with Crippen LogP contribution in [0.4, 0.5) is 11.4 Å². The van der Waals surface area contributed by atoms with Crippen molar-refractivity contribution in [1.82, 2.24) is 35.5 Å². The van der Waals surface area contributed by atoms with Gasteiger partial charge in [-0.05, 0) is 65.7 Å². The number of tetrazole rings is 1. The average Bonchev–Trinajstić information content (AvgIpc) is 3.72. The van der Waals surface area contributed by atoms with Gasteiger partial charge >= 0.3 is 11.9 Å². The van der Waals surface area contributed by atoms with Crippen LogP contribution in [0.5, 0.6) is 0 Å². The quantitative estimate of drug-likeness (QED) is 0.143. The number of imidazole rings is 1. The number of nitrogens with zero attached hydrogens (tertiary/aromatic N) is 5. The molecule has 2 aromatic heterocycles. The lowest BCUT2D eigenvalue weighted by Crippen LogP contribution is -2.30. The molecule has 1 aliphatic heterocycles. The molecule has 2 bridgehead atoms. The van der Waals surface area contributed by atoms with E-state index < -0.39 is 24.0 Å². The number of carbonyl (C=O) groups excluding carboxylic acids is 2. The number of carboxylic acids is 1. The van der Waals surface area contributed by atoms with Crippen molar-refractivity contribution in [3.8, 4) is 16.9 Å². The highest BCUT2D eigenvalue weighted by Crippen LogP contribution is 2.33. The maximum Gasteiger partial charge on any atom is 0.326 e. The number of ether oxygens (including phenoxy) is 1. The first-order valence-electron chi connectivity index (χ1n) is 13.8. The van der Waals surface area contributed by atoms with E-state index in [0.717, 1.165) is 0 Å². The van der Waals surface area contributed by atoms with Crippen LogP contribution in [-0.2, 0) is 19.1 Å². The zero-order chi connectivity index (χ0) is 31.1. The number of nitrogens with one attached hydrogen (secondary N) is 4. The molecule has 0 saturated carbocycles. The maximum atomic E-state index is 13.1. The average molecular weight is 620 g/mol. The smallest absolute Gasteiger partial charge is 0.326 e. The van der Waals surface area contributed by atoms with Gasteiger partial charge < -0.3 is 30.8 Å². The molecule has 14 nitrogen and oxygen atoms in total. The minimum absolute atomic E-state index is 0.0453. The number of aliphatic carboxylic acids is 1.